The van der Waals surface area contributed by atoms with Gasteiger partial charge in [-0.05, 0) is 86.9 Å². The van der Waals surface area contributed by atoms with Gasteiger partial charge in [0.1, 0.15) is 12.1 Å². The van der Waals surface area contributed by atoms with E-state index in [9.17, 15) is 9.59 Å². The maximum atomic E-state index is 13.5. The number of allylic oxidation sites excluding steroid dienone is 1. The van der Waals surface area contributed by atoms with Gasteiger partial charge in [0.05, 0.1) is 12.2 Å². The van der Waals surface area contributed by atoms with Gasteiger partial charge in [-0.3, -0.25) is 4.79 Å². The fourth-order valence-electron chi connectivity index (χ4n) is 5.44. The molecule has 3 aliphatic rings. The second-order valence-corrected chi connectivity index (χ2v) is 10.0. The molecule has 2 fully saturated rings. The molecule has 1 saturated carbocycles. The number of ether oxygens (including phenoxy) is 3. The number of piperidine rings is 1. The summed E-state index contributed by atoms with van der Waals surface area (Å²) in [5.74, 6) is 0.992. The number of hydrogen-bond donors (Lipinski definition) is 1. The number of likely N-dealkylation sites (tertiary alicyclic amines) is 1. The van der Waals surface area contributed by atoms with Crippen LogP contribution in [0.2, 0.25) is 0 Å². The third-order valence-corrected chi connectivity index (χ3v) is 7.40. The molecule has 38 heavy (non-hydrogen) atoms. The number of rotatable bonds is 8. The molecule has 1 unspecified atom stereocenters. The summed E-state index contributed by atoms with van der Waals surface area (Å²) in [7, 11) is 0. The number of anilines is 1. The van der Waals surface area contributed by atoms with Gasteiger partial charge < -0.3 is 24.4 Å². The van der Waals surface area contributed by atoms with Gasteiger partial charge in [-0.2, -0.15) is 4.68 Å². The lowest BCUT2D eigenvalue weighted by atomic mass is 9.94. The van der Waals surface area contributed by atoms with E-state index in [2.05, 4.69) is 20.8 Å². The summed E-state index contributed by atoms with van der Waals surface area (Å²) in [6.07, 6.45) is 8.18. The summed E-state index contributed by atoms with van der Waals surface area (Å²) in [4.78, 5) is 28.0. The number of esters is 1. The molecule has 1 amide bonds. The average molecular weight is 525 g/mol. The van der Waals surface area contributed by atoms with E-state index in [1.807, 2.05) is 30.9 Å². The lowest BCUT2D eigenvalue weighted by Gasteiger charge is -2.30. The Morgan fingerprint density at radius 2 is 1.79 bits per heavy atom. The molecule has 2 aromatic rings. The lowest BCUT2D eigenvalue weighted by Crippen LogP contribution is -2.38. The van der Waals surface area contributed by atoms with Crippen LogP contribution in [0.15, 0.2) is 29.5 Å². The van der Waals surface area contributed by atoms with Crippen LogP contribution in [0.25, 0.3) is 0 Å². The summed E-state index contributed by atoms with van der Waals surface area (Å²) in [5, 5.41) is 15.2. The van der Waals surface area contributed by atoms with Crippen LogP contribution in [-0.2, 0) is 14.3 Å². The van der Waals surface area contributed by atoms with E-state index in [1.165, 1.54) is 6.42 Å². The van der Waals surface area contributed by atoms with Crippen LogP contribution >= 0.6 is 0 Å². The first kappa shape index (κ1) is 26.0. The van der Waals surface area contributed by atoms with Crippen LogP contribution in [0.3, 0.4) is 0 Å². The summed E-state index contributed by atoms with van der Waals surface area (Å²) in [5.41, 5.74) is 1.84. The normalized spacial score (nSPS) is 19.9. The van der Waals surface area contributed by atoms with E-state index in [1.54, 1.807) is 10.7 Å². The Hall–Kier alpha value is -3.63. The maximum absolute atomic E-state index is 13.5. The van der Waals surface area contributed by atoms with E-state index < -0.39 is 6.04 Å². The Labute approximate surface area is 222 Å². The van der Waals surface area contributed by atoms with Crippen LogP contribution in [-0.4, -0.2) is 69.4 Å². The molecule has 1 aromatic heterocycles. The predicted octanol–water partition coefficient (Wildman–Crippen LogP) is 3.63. The zero-order chi connectivity index (χ0) is 26.5. The molecule has 1 atom stereocenters. The van der Waals surface area contributed by atoms with Crippen molar-refractivity contribution in [3.05, 3.63) is 35.0 Å². The van der Waals surface area contributed by atoms with Gasteiger partial charge in [-0.1, -0.05) is 17.6 Å². The van der Waals surface area contributed by atoms with Crippen molar-refractivity contribution in [1.82, 2.24) is 25.1 Å². The van der Waals surface area contributed by atoms with Crippen molar-refractivity contribution >= 4 is 17.8 Å². The molecule has 1 saturated heterocycles. The van der Waals surface area contributed by atoms with Gasteiger partial charge in [0, 0.05) is 18.8 Å². The number of aromatic nitrogens is 4. The zero-order valence-electron chi connectivity index (χ0n) is 22.1. The molecule has 204 valence electrons. The minimum absolute atomic E-state index is 0.0285. The fourth-order valence-corrected chi connectivity index (χ4v) is 5.44. The molecular formula is C27H36N6O5. The van der Waals surface area contributed by atoms with Crippen molar-refractivity contribution in [3.63, 3.8) is 0 Å². The van der Waals surface area contributed by atoms with E-state index in [0.717, 1.165) is 63.6 Å². The van der Waals surface area contributed by atoms with Crippen LogP contribution in [0.1, 0.15) is 76.8 Å². The number of nitrogens with zero attached hydrogens (tertiary/aromatic N) is 5. The molecule has 11 heteroatoms. The molecule has 1 N–H and O–H groups in total. The number of benzene rings is 1. The van der Waals surface area contributed by atoms with Crippen molar-refractivity contribution in [2.75, 3.05) is 31.6 Å². The van der Waals surface area contributed by atoms with E-state index >= 15 is 0 Å². The van der Waals surface area contributed by atoms with Crippen molar-refractivity contribution in [3.8, 4) is 11.5 Å². The number of nitrogens with one attached hydrogen (secondary N) is 1. The molecule has 5 rings (SSSR count). The molecule has 2 aliphatic heterocycles. The fraction of sp³-hybridized carbons (Fsp3) is 0.593. The average Bonchev–Trinajstić information content (AvgIpc) is 3.40. The topological polar surface area (TPSA) is 121 Å². The highest BCUT2D eigenvalue weighted by Gasteiger charge is 2.36. The van der Waals surface area contributed by atoms with E-state index in [0.29, 0.717) is 35.3 Å². The minimum atomic E-state index is -0.611. The van der Waals surface area contributed by atoms with Crippen molar-refractivity contribution < 1.29 is 23.8 Å². The highest BCUT2D eigenvalue weighted by Crippen LogP contribution is 2.39. The smallest absolute Gasteiger partial charge is 0.338 e. The minimum Gasteiger partial charge on any atom is -0.490 e. The monoisotopic (exact) mass is 524 g/mol. The second kappa shape index (κ2) is 11.8. The third-order valence-electron chi connectivity index (χ3n) is 7.40. The van der Waals surface area contributed by atoms with Gasteiger partial charge in [0.15, 0.2) is 18.1 Å². The first-order valence-corrected chi connectivity index (χ1v) is 13.7. The molecule has 0 bridgehead atoms. The van der Waals surface area contributed by atoms with Gasteiger partial charge in [-0.15, -0.1) is 0 Å². The van der Waals surface area contributed by atoms with Gasteiger partial charge in [-0.25, -0.2) is 4.79 Å². The lowest BCUT2D eigenvalue weighted by molar-refractivity contribution is -0.146. The van der Waals surface area contributed by atoms with Crippen LogP contribution < -0.4 is 14.8 Å². The van der Waals surface area contributed by atoms with Crippen LogP contribution in [0, 0.1) is 0 Å². The Morgan fingerprint density at radius 1 is 1.03 bits per heavy atom. The van der Waals surface area contributed by atoms with E-state index in [4.69, 9.17) is 14.2 Å². The van der Waals surface area contributed by atoms with Crippen LogP contribution in [0.4, 0.5) is 5.95 Å². The summed E-state index contributed by atoms with van der Waals surface area (Å²) in [6, 6.07) is 4.84. The number of fused-ring (bicyclic) bond motifs is 1. The summed E-state index contributed by atoms with van der Waals surface area (Å²) >= 11 is 0. The van der Waals surface area contributed by atoms with Crippen molar-refractivity contribution in [2.45, 2.75) is 77.4 Å². The van der Waals surface area contributed by atoms with E-state index in [-0.39, 0.29) is 24.6 Å². The number of tetrazole rings is 1. The molecule has 0 radical (unpaired) electrons. The number of carbonyl (C=O) groups is 2. The Bertz CT molecular complexity index is 1180. The quantitative estimate of drug-likeness (QED) is 0.516. The van der Waals surface area contributed by atoms with Gasteiger partial charge in [0.2, 0.25) is 5.95 Å². The molecule has 1 aliphatic carbocycles. The number of hydrogen-bond acceptors (Lipinski definition) is 9. The Kier molecular flexibility index (Phi) is 8.09. The van der Waals surface area contributed by atoms with Crippen LogP contribution in [0.5, 0.6) is 11.5 Å². The highest BCUT2D eigenvalue weighted by molar-refractivity contribution is 5.92. The Balaban J connectivity index is 1.40. The first-order chi connectivity index (χ1) is 18.5. The molecule has 0 spiro atoms. The van der Waals surface area contributed by atoms with Crippen molar-refractivity contribution in [2.24, 2.45) is 0 Å². The molecular weight excluding hydrogens is 488 g/mol. The molecule has 1 aromatic carbocycles. The standard InChI is InChI=1S/C27H36N6O5/c1-3-36-22-16-19(12-13-21(22)37-17-23(34)32-14-8-5-9-15-32)25-24(18(2)28-27-29-30-31-33(25)27)26(35)38-20-10-6-4-7-11-20/h12-13,16,20,25H,3-11,14-15,17H2,1-2H3,(H,28,29,31). The number of amides is 1. The largest absolute Gasteiger partial charge is 0.490 e. The van der Waals surface area contributed by atoms with Gasteiger partial charge >= 0.3 is 5.97 Å². The number of carbonyl (C=O) groups excluding carboxylic acids is 2. The Morgan fingerprint density at radius 3 is 2.55 bits per heavy atom. The van der Waals surface area contributed by atoms with Gasteiger partial charge in [0.25, 0.3) is 5.91 Å². The second-order valence-electron chi connectivity index (χ2n) is 10.0. The summed E-state index contributed by atoms with van der Waals surface area (Å²) in [6.45, 7) is 5.62. The molecule has 3 heterocycles. The first-order valence-electron chi connectivity index (χ1n) is 13.7. The van der Waals surface area contributed by atoms with Crippen molar-refractivity contribution in [1.29, 1.82) is 0 Å². The SMILES string of the molecule is CCOc1cc(C2C(C(=O)OC3CCCCC3)=C(C)Nc3nnnn32)ccc1OCC(=O)N1CCCCC1. The predicted molar refractivity (Wildman–Crippen MR) is 139 cm³/mol. The third kappa shape index (κ3) is 5.61. The molecule has 11 nitrogen and oxygen atoms in total. The maximum Gasteiger partial charge on any atom is 0.338 e. The zero-order valence-corrected chi connectivity index (χ0v) is 22.1. The summed E-state index contributed by atoms with van der Waals surface area (Å²) < 4.78 is 19.4. The highest BCUT2D eigenvalue weighted by atomic mass is 16.5.